The maximum Gasteiger partial charge on any atom is 0.416 e. The number of carbonyl (C=O) groups is 1. The Morgan fingerprint density at radius 1 is 1.41 bits per heavy atom. The van der Waals surface area contributed by atoms with Crippen LogP contribution in [-0.2, 0) is 12.6 Å². The molecule has 0 amide bonds. The number of hydrogen-bond acceptors (Lipinski definition) is 1. The maximum atomic E-state index is 12.8. The fourth-order valence-electron chi connectivity index (χ4n) is 1.53. The van der Waals surface area contributed by atoms with E-state index in [1.54, 1.807) is 13.8 Å². The van der Waals surface area contributed by atoms with Gasteiger partial charge in [0.25, 0.3) is 0 Å². The summed E-state index contributed by atoms with van der Waals surface area (Å²) in [4.78, 5) is 11.1. The zero-order chi connectivity index (χ0) is 13.2. The van der Waals surface area contributed by atoms with E-state index in [4.69, 9.17) is 0 Å². The van der Waals surface area contributed by atoms with Gasteiger partial charge in [0.05, 0.1) is 10.4 Å². The van der Waals surface area contributed by atoms with E-state index in [9.17, 15) is 18.0 Å². The van der Waals surface area contributed by atoms with Crippen molar-refractivity contribution < 1.29 is 18.0 Å². The van der Waals surface area contributed by atoms with Crippen molar-refractivity contribution >= 4 is 21.7 Å². The van der Waals surface area contributed by atoms with Crippen molar-refractivity contribution in [2.75, 3.05) is 0 Å². The highest BCUT2D eigenvalue weighted by Crippen LogP contribution is 2.33. The molecule has 0 radical (unpaired) electrons. The van der Waals surface area contributed by atoms with Gasteiger partial charge in [0.15, 0.2) is 5.78 Å². The lowest BCUT2D eigenvalue weighted by Crippen LogP contribution is -2.14. The lowest BCUT2D eigenvalue weighted by atomic mass is 9.99. The van der Waals surface area contributed by atoms with Crippen molar-refractivity contribution in [2.24, 2.45) is 0 Å². The van der Waals surface area contributed by atoms with Crippen LogP contribution in [0.25, 0.3) is 0 Å². The molecule has 0 aliphatic carbocycles. The van der Waals surface area contributed by atoms with Crippen LogP contribution < -0.4 is 0 Å². The summed E-state index contributed by atoms with van der Waals surface area (Å²) in [5.41, 5.74) is -0.436. The average molecular weight is 309 g/mol. The molecule has 1 aromatic rings. The summed E-state index contributed by atoms with van der Waals surface area (Å²) in [5.74, 6) is -0.349. The molecule has 0 fully saturated rings. The quantitative estimate of drug-likeness (QED) is 0.603. The average Bonchev–Trinajstić information content (AvgIpc) is 2.25. The Morgan fingerprint density at radius 3 is 2.41 bits per heavy atom. The molecule has 0 spiro atoms. The molecule has 94 valence electrons. The molecule has 0 saturated heterocycles. The number of hydrogen-bond donors (Lipinski definition) is 0. The Labute approximate surface area is 106 Å². The number of rotatable bonds is 3. The lowest BCUT2D eigenvalue weighted by Gasteiger charge is -2.13. The van der Waals surface area contributed by atoms with E-state index in [-0.39, 0.29) is 23.3 Å². The summed E-state index contributed by atoms with van der Waals surface area (Å²) in [6.45, 7) is 3.24. The van der Waals surface area contributed by atoms with Crippen LogP contribution >= 0.6 is 15.9 Å². The molecule has 17 heavy (non-hydrogen) atoms. The summed E-state index contributed by atoms with van der Waals surface area (Å²) in [7, 11) is 0. The largest absolute Gasteiger partial charge is 0.416 e. The molecule has 5 heteroatoms. The first kappa shape index (κ1) is 14.2. The molecule has 0 aromatic heterocycles. The van der Waals surface area contributed by atoms with Crippen LogP contribution in [0.1, 0.15) is 35.3 Å². The first-order valence-corrected chi connectivity index (χ1v) is 6.07. The van der Waals surface area contributed by atoms with Gasteiger partial charge in [-0.15, -0.1) is 0 Å². The Balaban J connectivity index is 3.28. The Kier molecular flexibility index (Phi) is 4.36. The van der Waals surface area contributed by atoms with E-state index in [0.29, 0.717) is 0 Å². The van der Waals surface area contributed by atoms with Crippen LogP contribution in [0.3, 0.4) is 0 Å². The van der Waals surface area contributed by atoms with Gasteiger partial charge in [0.1, 0.15) is 0 Å². The van der Waals surface area contributed by atoms with Crippen LogP contribution in [0.4, 0.5) is 13.2 Å². The van der Waals surface area contributed by atoms with Crippen LogP contribution in [0.15, 0.2) is 18.2 Å². The molecule has 0 bridgehead atoms. The van der Waals surface area contributed by atoms with Gasteiger partial charge in [-0.25, -0.2) is 0 Å². The van der Waals surface area contributed by atoms with Gasteiger partial charge >= 0.3 is 6.18 Å². The molecule has 0 heterocycles. The molecule has 0 N–H and O–H groups in total. The van der Waals surface area contributed by atoms with Crippen LogP contribution in [0.2, 0.25) is 0 Å². The predicted molar refractivity (Wildman–Crippen MR) is 63.5 cm³/mol. The van der Waals surface area contributed by atoms with E-state index in [1.807, 2.05) is 0 Å². The number of halogens is 4. The number of benzene rings is 1. The van der Waals surface area contributed by atoms with E-state index in [1.165, 1.54) is 12.1 Å². The normalized spacial score (nSPS) is 13.5. The molecule has 1 atom stereocenters. The van der Waals surface area contributed by atoms with Gasteiger partial charge in [0.2, 0.25) is 0 Å². The van der Waals surface area contributed by atoms with Gasteiger partial charge in [-0.3, -0.25) is 4.79 Å². The second kappa shape index (κ2) is 5.21. The van der Waals surface area contributed by atoms with E-state index < -0.39 is 16.6 Å². The molecular formula is C12H12BrF3O. The lowest BCUT2D eigenvalue weighted by molar-refractivity contribution is -0.138. The fraction of sp³-hybridized carbons (Fsp3) is 0.417. The summed E-state index contributed by atoms with van der Waals surface area (Å²) in [6, 6.07) is 3.73. The number of alkyl halides is 4. The standard InChI is InChI=1S/C12H12BrF3O/c1-3-8-4-5-9(11(17)7(2)13)6-10(8)12(14,15)16/h4-7H,3H2,1-2H3. The molecule has 0 saturated carbocycles. The van der Waals surface area contributed by atoms with Gasteiger partial charge in [0, 0.05) is 5.56 Å². The van der Waals surface area contributed by atoms with Crippen molar-refractivity contribution in [2.45, 2.75) is 31.3 Å². The fourth-order valence-corrected chi connectivity index (χ4v) is 1.80. The molecule has 1 rings (SSSR count). The Hall–Kier alpha value is -0.840. The minimum atomic E-state index is -4.42. The second-order valence-corrected chi connectivity index (χ2v) is 5.08. The van der Waals surface area contributed by atoms with Crippen molar-refractivity contribution in [3.63, 3.8) is 0 Å². The highest BCUT2D eigenvalue weighted by Gasteiger charge is 2.33. The Morgan fingerprint density at radius 2 is 2.00 bits per heavy atom. The smallest absolute Gasteiger partial charge is 0.293 e. The molecule has 1 aromatic carbocycles. The summed E-state index contributed by atoms with van der Waals surface area (Å²) < 4.78 is 38.3. The van der Waals surface area contributed by atoms with Gasteiger partial charge in [-0.2, -0.15) is 13.2 Å². The monoisotopic (exact) mass is 308 g/mol. The highest BCUT2D eigenvalue weighted by atomic mass is 79.9. The summed E-state index contributed by atoms with van der Waals surface area (Å²) in [6.07, 6.45) is -4.13. The van der Waals surface area contributed by atoms with Gasteiger partial charge in [-0.1, -0.05) is 35.0 Å². The first-order valence-electron chi connectivity index (χ1n) is 5.15. The van der Waals surface area contributed by atoms with Crippen LogP contribution in [-0.4, -0.2) is 10.6 Å². The van der Waals surface area contributed by atoms with E-state index >= 15 is 0 Å². The second-order valence-electron chi connectivity index (χ2n) is 3.70. The van der Waals surface area contributed by atoms with E-state index in [2.05, 4.69) is 15.9 Å². The highest BCUT2D eigenvalue weighted by molar-refractivity contribution is 9.10. The molecule has 1 unspecified atom stereocenters. The van der Waals surface area contributed by atoms with Crippen molar-refractivity contribution in [3.8, 4) is 0 Å². The predicted octanol–water partition coefficient (Wildman–Crippen LogP) is 4.23. The van der Waals surface area contributed by atoms with Gasteiger partial charge < -0.3 is 0 Å². The van der Waals surface area contributed by atoms with Crippen molar-refractivity contribution in [1.82, 2.24) is 0 Å². The van der Waals surface area contributed by atoms with E-state index in [0.717, 1.165) is 6.07 Å². The third-order valence-corrected chi connectivity index (χ3v) is 2.86. The summed E-state index contributed by atoms with van der Waals surface area (Å²) in [5, 5.41) is 0. The van der Waals surface area contributed by atoms with Gasteiger partial charge in [-0.05, 0) is 25.0 Å². The molecule has 0 aliphatic heterocycles. The number of carbonyl (C=O) groups excluding carboxylic acids is 1. The number of Topliss-reactive ketones (excluding diaryl/α,β-unsaturated/α-hetero) is 1. The van der Waals surface area contributed by atoms with Crippen molar-refractivity contribution in [1.29, 1.82) is 0 Å². The minimum Gasteiger partial charge on any atom is -0.293 e. The first-order chi connectivity index (χ1) is 7.77. The zero-order valence-electron chi connectivity index (χ0n) is 9.44. The zero-order valence-corrected chi connectivity index (χ0v) is 11.0. The van der Waals surface area contributed by atoms with Crippen molar-refractivity contribution in [3.05, 3.63) is 34.9 Å². The molecule has 1 nitrogen and oxygen atoms in total. The SMILES string of the molecule is CCc1ccc(C(=O)C(C)Br)cc1C(F)(F)F. The summed E-state index contributed by atoms with van der Waals surface area (Å²) >= 11 is 3.06. The minimum absolute atomic E-state index is 0.0823. The number of aryl methyl sites for hydroxylation is 1. The third kappa shape index (κ3) is 3.31. The molecular weight excluding hydrogens is 297 g/mol. The number of ketones is 1. The van der Waals surface area contributed by atoms with Crippen LogP contribution in [0, 0.1) is 0 Å². The van der Waals surface area contributed by atoms with Crippen LogP contribution in [0.5, 0.6) is 0 Å². The topological polar surface area (TPSA) is 17.1 Å². The third-order valence-electron chi connectivity index (χ3n) is 2.44. The maximum absolute atomic E-state index is 12.8. The molecule has 0 aliphatic rings. The Bertz CT molecular complexity index is 424.